The Hall–Kier alpha value is -3.61. The van der Waals surface area contributed by atoms with E-state index in [1.807, 2.05) is 30.3 Å². The lowest BCUT2D eigenvalue weighted by Gasteiger charge is -2.19. The number of carbonyl (C=O) groups excluding carboxylic acids is 1. The average molecular weight is 374 g/mol. The minimum absolute atomic E-state index is 0.0534. The van der Waals surface area contributed by atoms with Crippen molar-refractivity contribution in [2.75, 3.05) is 5.32 Å². The van der Waals surface area contributed by atoms with Crippen LogP contribution in [-0.4, -0.2) is 20.8 Å². The van der Waals surface area contributed by atoms with Crippen molar-refractivity contribution in [3.05, 3.63) is 81.5 Å². The molecular formula is C21H18N4O3. The number of aryl methyl sites for hydroxylation is 1. The summed E-state index contributed by atoms with van der Waals surface area (Å²) in [5.41, 5.74) is 3.12. The molecule has 0 unspecified atom stereocenters. The van der Waals surface area contributed by atoms with E-state index in [1.165, 1.54) is 24.3 Å². The Bertz CT molecular complexity index is 1030. The number of hydrogen-bond acceptors (Lipinski definition) is 5. The lowest BCUT2D eigenvalue weighted by Crippen LogP contribution is -2.18. The first kappa shape index (κ1) is 17.8. The Balaban J connectivity index is 1.68. The monoisotopic (exact) mass is 374 g/mol. The molecule has 0 atom stereocenters. The standard InChI is InChI=1S/C21H18N4O3/c26-21(15-10-12-16(13-11-15)25(27)28)24-20-17-8-4-5-9-18(17)22-19(23-20)14-6-2-1-3-7-14/h1-3,6-7,10-13H,4-5,8-9H2,(H,22,23,24,26). The summed E-state index contributed by atoms with van der Waals surface area (Å²) in [6.07, 6.45) is 3.77. The number of hydrogen-bond donors (Lipinski definition) is 1. The molecule has 1 aromatic heterocycles. The van der Waals surface area contributed by atoms with Gasteiger partial charge in [0.15, 0.2) is 5.82 Å². The molecule has 0 saturated carbocycles. The lowest BCUT2D eigenvalue weighted by molar-refractivity contribution is -0.384. The second-order valence-corrected chi connectivity index (χ2v) is 6.65. The third kappa shape index (κ3) is 3.59. The predicted molar refractivity (Wildman–Crippen MR) is 105 cm³/mol. The summed E-state index contributed by atoms with van der Waals surface area (Å²) in [6.45, 7) is 0. The van der Waals surface area contributed by atoms with Crippen LogP contribution in [0.15, 0.2) is 54.6 Å². The third-order valence-corrected chi connectivity index (χ3v) is 4.79. The third-order valence-electron chi connectivity index (χ3n) is 4.79. The molecule has 0 aliphatic heterocycles. The van der Waals surface area contributed by atoms with Crippen molar-refractivity contribution >= 4 is 17.4 Å². The van der Waals surface area contributed by atoms with Gasteiger partial charge in [0.1, 0.15) is 5.82 Å². The zero-order chi connectivity index (χ0) is 19.5. The SMILES string of the molecule is O=C(Nc1nc(-c2ccccc2)nc2c1CCCC2)c1ccc([N+](=O)[O-])cc1. The number of nitrogens with zero attached hydrogens (tertiary/aromatic N) is 3. The van der Waals surface area contributed by atoms with E-state index in [1.54, 1.807) is 0 Å². The number of rotatable bonds is 4. The normalized spacial score (nSPS) is 12.9. The Morgan fingerprint density at radius 3 is 2.39 bits per heavy atom. The smallest absolute Gasteiger partial charge is 0.269 e. The van der Waals surface area contributed by atoms with Crippen molar-refractivity contribution < 1.29 is 9.72 Å². The van der Waals surface area contributed by atoms with Crippen molar-refractivity contribution in [2.45, 2.75) is 25.7 Å². The molecule has 1 N–H and O–H groups in total. The van der Waals surface area contributed by atoms with Gasteiger partial charge < -0.3 is 5.32 Å². The number of aromatic nitrogens is 2. The number of fused-ring (bicyclic) bond motifs is 1. The van der Waals surface area contributed by atoms with Gasteiger partial charge in [0.25, 0.3) is 11.6 Å². The van der Waals surface area contributed by atoms with Crippen LogP contribution in [0.1, 0.15) is 34.5 Å². The number of anilines is 1. The minimum atomic E-state index is -0.491. The van der Waals surface area contributed by atoms with E-state index in [2.05, 4.69) is 10.3 Å². The van der Waals surface area contributed by atoms with Gasteiger partial charge in [-0.2, -0.15) is 0 Å². The summed E-state index contributed by atoms with van der Waals surface area (Å²) < 4.78 is 0. The van der Waals surface area contributed by atoms with Crippen LogP contribution in [0, 0.1) is 10.1 Å². The number of nitro groups is 1. The van der Waals surface area contributed by atoms with Crippen LogP contribution in [-0.2, 0) is 12.8 Å². The minimum Gasteiger partial charge on any atom is -0.306 e. The molecule has 1 aliphatic carbocycles. The van der Waals surface area contributed by atoms with Crippen molar-refractivity contribution in [3.8, 4) is 11.4 Å². The maximum absolute atomic E-state index is 12.7. The first-order valence-corrected chi connectivity index (χ1v) is 9.13. The van der Waals surface area contributed by atoms with Crippen molar-refractivity contribution in [2.24, 2.45) is 0 Å². The first-order chi connectivity index (χ1) is 13.6. The fraction of sp³-hybridized carbons (Fsp3) is 0.190. The van der Waals surface area contributed by atoms with E-state index < -0.39 is 4.92 Å². The van der Waals surface area contributed by atoms with Gasteiger partial charge in [0.2, 0.25) is 0 Å². The highest BCUT2D eigenvalue weighted by Crippen LogP contribution is 2.29. The molecule has 1 aliphatic rings. The van der Waals surface area contributed by atoms with Crippen molar-refractivity contribution in [3.63, 3.8) is 0 Å². The highest BCUT2D eigenvalue weighted by Gasteiger charge is 2.20. The van der Waals surface area contributed by atoms with E-state index in [4.69, 9.17) is 4.98 Å². The lowest BCUT2D eigenvalue weighted by atomic mass is 9.96. The summed E-state index contributed by atoms with van der Waals surface area (Å²) in [5.74, 6) is 0.757. The summed E-state index contributed by atoms with van der Waals surface area (Å²) in [6, 6.07) is 15.2. The van der Waals surface area contributed by atoms with Gasteiger partial charge in [0.05, 0.1) is 4.92 Å². The highest BCUT2D eigenvalue weighted by molar-refractivity contribution is 6.04. The highest BCUT2D eigenvalue weighted by atomic mass is 16.6. The molecule has 4 rings (SSSR count). The van der Waals surface area contributed by atoms with Gasteiger partial charge >= 0.3 is 0 Å². The quantitative estimate of drug-likeness (QED) is 0.545. The molecule has 7 nitrogen and oxygen atoms in total. The number of amides is 1. The number of nitro benzene ring substituents is 1. The second kappa shape index (κ2) is 7.56. The van der Waals surface area contributed by atoms with Crippen LogP contribution in [0.2, 0.25) is 0 Å². The number of carbonyl (C=O) groups is 1. The maximum atomic E-state index is 12.7. The molecule has 1 amide bonds. The maximum Gasteiger partial charge on any atom is 0.269 e. The van der Waals surface area contributed by atoms with Gasteiger partial charge in [0, 0.05) is 34.5 Å². The van der Waals surface area contributed by atoms with Gasteiger partial charge in [-0.3, -0.25) is 14.9 Å². The predicted octanol–water partition coefficient (Wildman–Crippen LogP) is 4.18. The molecule has 28 heavy (non-hydrogen) atoms. The largest absolute Gasteiger partial charge is 0.306 e. The number of non-ortho nitro benzene ring substituents is 1. The van der Waals surface area contributed by atoms with Gasteiger partial charge in [-0.1, -0.05) is 30.3 Å². The second-order valence-electron chi connectivity index (χ2n) is 6.65. The van der Waals surface area contributed by atoms with Crippen LogP contribution < -0.4 is 5.32 Å². The molecular weight excluding hydrogens is 356 g/mol. The van der Waals surface area contributed by atoms with Gasteiger partial charge in [-0.05, 0) is 37.8 Å². The molecule has 0 saturated heterocycles. The van der Waals surface area contributed by atoms with E-state index in [0.29, 0.717) is 17.2 Å². The van der Waals surface area contributed by atoms with Gasteiger partial charge in [-0.15, -0.1) is 0 Å². The molecule has 3 aromatic rings. The van der Waals surface area contributed by atoms with E-state index >= 15 is 0 Å². The van der Waals surface area contributed by atoms with Crippen LogP contribution in [0.5, 0.6) is 0 Å². The molecule has 7 heteroatoms. The molecule has 0 spiro atoms. The average Bonchev–Trinajstić information content (AvgIpc) is 2.74. The van der Waals surface area contributed by atoms with E-state index in [9.17, 15) is 14.9 Å². The Morgan fingerprint density at radius 1 is 0.964 bits per heavy atom. The van der Waals surface area contributed by atoms with Crippen LogP contribution in [0.3, 0.4) is 0 Å². The van der Waals surface area contributed by atoms with E-state index in [0.717, 1.165) is 42.5 Å². The van der Waals surface area contributed by atoms with Gasteiger partial charge in [-0.25, -0.2) is 9.97 Å². The fourth-order valence-electron chi connectivity index (χ4n) is 3.33. The molecule has 0 radical (unpaired) electrons. The van der Waals surface area contributed by atoms with Crippen LogP contribution in [0.4, 0.5) is 11.5 Å². The zero-order valence-corrected chi connectivity index (χ0v) is 15.1. The summed E-state index contributed by atoms with van der Waals surface area (Å²) in [5, 5.41) is 13.7. The summed E-state index contributed by atoms with van der Waals surface area (Å²) in [7, 11) is 0. The fourth-order valence-corrected chi connectivity index (χ4v) is 3.33. The molecule has 1 heterocycles. The molecule has 140 valence electrons. The molecule has 2 aromatic carbocycles. The van der Waals surface area contributed by atoms with Crippen LogP contribution >= 0.6 is 0 Å². The number of nitrogens with one attached hydrogen (secondary N) is 1. The Morgan fingerprint density at radius 2 is 1.68 bits per heavy atom. The van der Waals surface area contributed by atoms with Crippen LogP contribution in [0.25, 0.3) is 11.4 Å². The number of benzene rings is 2. The summed E-state index contributed by atoms with van der Waals surface area (Å²) >= 11 is 0. The Labute approximate surface area is 161 Å². The summed E-state index contributed by atoms with van der Waals surface area (Å²) in [4.78, 5) is 32.3. The molecule has 0 fully saturated rings. The topological polar surface area (TPSA) is 98.0 Å². The van der Waals surface area contributed by atoms with Crippen molar-refractivity contribution in [1.29, 1.82) is 0 Å². The first-order valence-electron chi connectivity index (χ1n) is 9.13. The van der Waals surface area contributed by atoms with Crippen molar-refractivity contribution in [1.82, 2.24) is 9.97 Å². The Kier molecular flexibility index (Phi) is 4.80. The van der Waals surface area contributed by atoms with E-state index in [-0.39, 0.29) is 11.6 Å². The zero-order valence-electron chi connectivity index (χ0n) is 15.1. The molecule has 0 bridgehead atoms.